The molecule has 0 radical (unpaired) electrons. The average Bonchev–Trinajstić information content (AvgIpc) is 3.62. The van der Waals surface area contributed by atoms with Crippen LogP contribution in [-0.4, -0.2) is 66.1 Å². The first-order valence-electron chi connectivity index (χ1n) is 11.8. The average molecular weight is 416 g/mol. The minimum Gasteiger partial charge on any atom is -0.353 e. The van der Waals surface area contributed by atoms with Crippen LogP contribution >= 0.6 is 0 Å². The van der Waals surface area contributed by atoms with Crippen molar-refractivity contribution in [1.29, 1.82) is 0 Å². The van der Waals surface area contributed by atoms with Crippen LogP contribution in [0.3, 0.4) is 0 Å². The molecule has 2 saturated carbocycles. The van der Waals surface area contributed by atoms with Gasteiger partial charge in [-0.1, -0.05) is 19.3 Å². The number of nitrogens with one attached hydrogen (secondary N) is 3. The van der Waals surface area contributed by atoms with Gasteiger partial charge in [0.2, 0.25) is 11.9 Å². The summed E-state index contributed by atoms with van der Waals surface area (Å²) in [4.78, 5) is 25.7. The van der Waals surface area contributed by atoms with Crippen LogP contribution in [-0.2, 0) is 4.79 Å². The van der Waals surface area contributed by atoms with Gasteiger partial charge < -0.3 is 15.1 Å². The summed E-state index contributed by atoms with van der Waals surface area (Å²) in [5, 5.41) is 3.67. The van der Waals surface area contributed by atoms with E-state index in [2.05, 4.69) is 31.0 Å². The normalized spacial score (nSPS) is 20.4. The molecule has 1 aromatic heterocycles. The van der Waals surface area contributed by atoms with Crippen molar-refractivity contribution in [2.24, 2.45) is 5.92 Å². The highest BCUT2D eigenvalue weighted by Gasteiger charge is 2.34. The molecule has 4 rings (SSSR count). The molecule has 3 fully saturated rings. The molecule has 0 atom stereocenters. The fraction of sp³-hybridized carbons (Fsp3) is 0.773. The number of piperazine rings is 1. The maximum atomic E-state index is 12.3. The van der Waals surface area contributed by atoms with E-state index in [1.54, 1.807) is 0 Å². The fourth-order valence-corrected chi connectivity index (χ4v) is 4.45. The molecule has 3 aliphatic rings. The largest absolute Gasteiger partial charge is 0.353 e. The molecule has 0 bridgehead atoms. The number of carbonyl (C=O) groups excluding carboxylic acids is 1. The van der Waals surface area contributed by atoms with Crippen molar-refractivity contribution in [3.63, 3.8) is 0 Å². The van der Waals surface area contributed by atoms with E-state index >= 15 is 0 Å². The zero-order valence-corrected chi connectivity index (χ0v) is 18.3. The summed E-state index contributed by atoms with van der Waals surface area (Å²) in [6.07, 6.45) is 10.0. The monoisotopic (exact) mass is 415 g/mol. The third-order valence-corrected chi connectivity index (χ3v) is 6.40. The maximum absolute atomic E-state index is 12.3. The van der Waals surface area contributed by atoms with Gasteiger partial charge in [-0.3, -0.25) is 10.2 Å². The van der Waals surface area contributed by atoms with Crippen molar-refractivity contribution in [2.75, 3.05) is 49.6 Å². The predicted molar refractivity (Wildman–Crippen MR) is 119 cm³/mol. The Balaban J connectivity index is 1.18. The van der Waals surface area contributed by atoms with E-state index in [9.17, 15) is 4.79 Å². The van der Waals surface area contributed by atoms with Crippen LogP contribution in [0.5, 0.6) is 0 Å². The Labute approximate surface area is 180 Å². The number of hydrazine groups is 1. The maximum Gasteiger partial charge on any atom is 0.239 e. The van der Waals surface area contributed by atoms with Crippen molar-refractivity contribution < 1.29 is 4.79 Å². The lowest BCUT2D eigenvalue weighted by atomic mass is 9.95. The molecule has 166 valence electrons. The Bertz CT molecular complexity index is 695. The Kier molecular flexibility index (Phi) is 7.38. The van der Waals surface area contributed by atoms with Gasteiger partial charge in [-0.2, -0.15) is 4.98 Å². The molecule has 8 nitrogen and oxygen atoms in total. The molecular weight excluding hydrogens is 378 g/mol. The predicted octanol–water partition coefficient (Wildman–Crippen LogP) is 2.07. The van der Waals surface area contributed by atoms with Crippen molar-refractivity contribution in [3.05, 3.63) is 11.8 Å². The molecule has 2 aliphatic carbocycles. The second-order valence-corrected chi connectivity index (χ2v) is 8.97. The molecule has 30 heavy (non-hydrogen) atoms. The highest BCUT2D eigenvalue weighted by Crippen LogP contribution is 2.31. The summed E-state index contributed by atoms with van der Waals surface area (Å²) in [7, 11) is 0. The molecule has 3 N–H and O–H groups in total. The molecule has 0 aromatic carbocycles. The van der Waals surface area contributed by atoms with E-state index in [1.807, 2.05) is 17.9 Å². The Morgan fingerprint density at radius 2 is 1.80 bits per heavy atom. The molecule has 0 unspecified atom stereocenters. The Morgan fingerprint density at radius 3 is 2.53 bits per heavy atom. The molecule has 1 amide bonds. The Morgan fingerprint density at radius 1 is 1.03 bits per heavy atom. The van der Waals surface area contributed by atoms with Gasteiger partial charge in [0.05, 0.1) is 0 Å². The first-order valence-corrected chi connectivity index (χ1v) is 11.8. The van der Waals surface area contributed by atoms with Crippen LogP contribution in [0, 0.1) is 12.8 Å². The van der Waals surface area contributed by atoms with Crippen LogP contribution in [0.4, 0.5) is 11.8 Å². The molecule has 1 aromatic rings. The summed E-state index contributed by atoms with van der Waals surface area (Å²) >= 11 is 0. The fourth-order valence-electron chi connectivity index (χ4n) is 4.45. The zero-order chi connectivity index (χ0) is 20.8. The number of rotatable bonds is 9. The van der Waals surface area contributed by atoms with Gasteiger partial charge in [-0.05, 0) is 45.6 Å². The number of hydrogen-bond acceptors (Lipinski definition) is 7. The minimum atomic E-state index is 0.303. The summed E-state index contributed by atoms with van der Waals surface area (Å²) in [5.41, 5.74) is 7.36. The van der Waals surface area contributed by atoms with Crippen molar-refractivity contribution in [3.8, 4) is 0 Å². The van der Waals surface area contributed by atoms with E-state index in [1.165, 1.54) is 32.1 Å². The van der Waals surface area contributed by atoms with Crippen LogP contribution in [0.25, 0.3) is 0 Å². The molecule has 0 spiro atoms. The molecule has 1 aliphatic heterocycles. The summed E-state index contributed by atoms with van der Waals surface area (Å²) < 4.78 is 0. The van der Waals surface area contributed by atoms with Gasteiger partial charge in [0.25, 0.3) is 0 Å². The topological polar surface area (TPSA) is 85.4 Å². The summed E-state index contributed by atoms with van der Waals surface area (Å²) in [6, 6.07) is 2.74. The SMILES string of the molecule is Cc1cc(N2CCN(C(=O)C3CC3)CC2)nc(NNCCCNC2CCCCC2)n1. The van der Waals surface area contributed by atoms with Crippen LogP contribution in [0.1, 0.15) is 57.1 Å². The van der Waals surface area contributed by atoms with E-state index in [0.29, 0.717) is 17.8 Å². The van der Waals surface area contributed by atoms with E-state index in [4.69, 9.17) is 0 Å². The number of amides is 1. The second kappa shape index (κ2) is 10.4. The highest BCUT2D eigenvalue weighted by molar-refractivity contribution is 5.81. The van der Waals surface area contributed by atoms with Crippen LogP contribution in [0.15, 0.2) is 6.07 Å². The lowest BCUT2D eigenvalue weighted by Gasteiger charge is -2.35. The molecular formula is C22H37N7O. The quantitative estimate of drug-likeness (QED) is 0.420. The summed E-state index contributed by atoms with van der Waals surface area (Å²) in [6.45, 7) is 7.14. The first kappa shape index (κ1) is 21.3. The number of aromatic nitrogens is 2. The van der Waals surface area contributed by atoms with Gasteiger partial charge in [0, 0.05) is 56.4 Å². The van der Waals surface area contributed by atoms with Gasteiger partial charge in [-0.15, -0.1) is 0 Å². The minimum absolute atomic E-state index is 0.303. The third kappa shape index (κ3) is 6.04. The molecule has 1 saturated heterocycles. The highest BCUT2D eigenvalue weighted by atomic mass is 16.2. The molecule has 8 heteroatoms. The third-order valence-electron chi connectivity index (χ3n) is 6.40. The van der Waals surface area contributed by atoms with Gasteiger partial charge in [0.1, 0.15) is 5.82 Å². The number of anilines is 2. The second-order valence-electron chi connectivity index (χ2n) is 8.97. The number of carbonyl (C=O) groups is 1. The molecule has 2 heterocycles. The van der Waals surface area contributed by atoms with Crippen LogP contribution in [0.2, 0.25) is 0 Å². The van der Waals surface area contributed by atoms with Gasteiger partial charge in [-0.25, -0.2) is 10.4 Å². The van der Waals surface area contributed by atoms with Crippen LogP contribution < -0.4 is 21.1 Å². The number of hydrogen-bond donors (Lipinski definition) is 3. The van der Waals surface area contributed by atoms with E-state index in [0.717, 1.165) is 76.1 Å². The van der Waals surface area contributed by atoms with Gasteiger partial charge in [0.15, 0.2) is 0 Å². The lowest BCUT2D eigenvalue weighted by Crippen LogP contribution is -2.49. The van der Waals surface area contributed by atoms with Crippen molar-refractivity contribution in [2.45, 2.75) is 64.3 Å². The number of aryl methyl sites for hydroxylation is 1. The van der Waals surface area contributed by atoms with Crippen molar-refractivity contribution in [1.82, 2.24) is 25.6 Å². The Hall–Kier alpha value is -1.93. The van der Waals surface area contributed by atoms with E-state index < -0.39 is 0 Å². The van der Waals surface area contributed by atoms with Crippen molar-refractivity contribution >= 4 is 17.7 Å². The summed E-state index contributed by atoms with van der Waals surface area (Å²) in [5.74, 6) is 2.20. The smallest absolute Gasteiger partial charge is 0.239 e. The zero-order valence-electron chi connectivity index (χ0n) is 18.3. The van der Waals surface area contributed by atoms with E-state index in [-0.39, 0.29) is 0 Å². The number of nitrogens with zero attached hydrogens (tertiary/aromatic N) is 4. The first-order chi connectivity index (χ1) is 14.7. The standard InChI is InChI=1S/C22H37N7O/c1-17-16-20(28-12-14-29(15-13-28)21(30)18-8-9-18)26-22(25-17)27-24-11-5-10-23-19-6-3-2-4-7-19/h16,18-19,23-24H,2-15H2,1H3,(H,25,26,27). The lowest BCUT2D eigenvalue weighted by molar-refractivity contribution is -0.132. The van der Waals surface area contributed by atoms with Gasteiger partial charge >= 0.3 is 0 Å².